The lowest BCUT2D eigenvalue weighted by Crippen LogP contribution is -2.16. The van der Waals surface area contributed by atoms with Crippen molar-refractivity contribution in [2.45, 2.75) is 13.5 Å². The number of amides is 1. The number of nitrogens with two attached hydrogens (primary N) is 1. The maximum absolute atomic E-state index is 12.3. The first-order valence-corrected chi connectivity index (χ1v) is 6.95. The number of nitrogens with zero attached hydrogens (tertiary/aromatic N) is 1. The van der Waals surface area contributed by atoms with E-state index in [9.17, 15) is 4.79 Å². The predicted molar refractivity (Wildman–Crippen MR) is 83.2 cm³/mol. The summed E-state index contributed by atoms with van der Waals surface area (Å²) in [5.41, 5.74) is 7.51. The van der Waals surface area contributed by atoms with Crippen LogP contribution < -0.4 is 15.8 Å². The third-order valence-electron chi connectivity index (χ3n) is 2.93. The Bertz CT molecular complexity index is 637. The predicted octanol–water partition coefficient (Wildman–Crippen LogP) is 3.11. The molecule has 0 atom stereocenters. The molecule has 0 spiro atoms. The lowest BCUT2D eigenvalue weighted by molar-refractivity contribution is 0.101. The summed E-state index contributed by atoms with van der Waals surface area (Å²) in [5, 5.41) is 2.83. The molecule has 0 radical (unpaired) electrons. The number of rotatable bonds is 4. The summed E-state index contributed by atoms with van der Waals surface area (Å²) in [6, 6.07) is 6.92. The Morgan fingerprint density at radius 3 is 2.85 bits per heavy atom. The Kier molecular flexibility index (Phi) is 4.34. The van der Waals surface area contributed by atoms with Crippen LogP contribution in [0.3, 0.4) is 0 Å². The minimum absolute atomic E-state index is 0.177. The van der Waals surface area contributed by atoms with E-state index in [2.05, 4.69) is 21.2 Å². The second kappa shape index (κ2) is 6.00. The van der Waals surface area contributed by atoms with E-state index >= 15 is 0 Å². The van der Waals surface area contributed by atoms with Crippen molar-refractivity contribution < 1.29 is 9.53 Å². The van der Waals surface area contributed by atoms with Gasteiger partial charge in [-0.25, -0.2) is 0 Å². The highest BCUT2D eigenvalue weighted by Gasteiger charge is 2.13. The molecule has 0 aliphatic carbocycles. The summed E-state index contributed by atoms with van der Waals surface area (Å²) >= 11 is 3.37. The summed E-state index contributed by atoms with van der Waals surface area (Å²) in [4.78, 5) is 12.3. The SMILES string of the molecule is CCn1cc(Br)cc1C(=O)Nc1ccc(N)c(OC)c1. The van der Waals surface area contributed by atoms with Gasteiger partial charge in [0, 0.05) is 29.0 Å². The molecule has 0 saturated heterocycles. The third-order valence-corrected chi connectivity index (χ3v) is 3.36. The van der Waals surface area contributed by atoms with Crippen LogP contribution >= 0.6 is 15.9 Å². The van der Waals surface area contributed by atoms with E-state index in [1.165, 1.54) is 7.11 Å². The Balaban J connectivity index is 2.23. The fraction of sp³-hybridized carbons (Fsp3) is 0.214. The smallest absolute Gasteiger partial charge is 0.272 e. The first-order chi connectivity index (χ1) is 9.55. The highest BCUT2D eigenvalue weighted by molar-refractivity contribution is 9.10. The Morgan fingerprint density at radius 2 is 2.20 bits per heavy atom. The van der Waals surface area contributed by atoms with Crippen molar-refractivity contribution in [3.05, 3.63) is 40.6 Å². The zero-order valence-corrected chi connectivity index (χ0v) is 12.9. The minimum atomic E-state index is -0.177. The summed E-state index contributed by atoms with van der Waals surface area (Å²) in [5.74, 6) is 0.360. The van der Waals surface area contributed by atoms with E-state index in [1.807, 2.05) is 17.7 Å². The van der Waals surface area contributed by atoms with E-state index < -0.39 is 0 Å². The molecule has 0 fully saturated rings. The summed E-state index contributed by atoms with van der Waals surface area (Å²) in [6.45, 7) is 2.70. The van der Waals surface area contributed by atoms with Crippen molar-refractivity contribution in [1.29, 1.82) is 0 Å². The van der Waals surface area contributed by atoms with E-state index in [-0.39, 0.29) is 5.91 Å². The number of aromatic nitrogens is 1. The van der Waals surface area contributed by atoms with Gasteiger partial charge in [0.15, 0.2) is 0 Å². The van der Waals surface area contributed by atoms with Gasteiger partial charge < -0.3 is 20.4 Å². The number of anilines is 2. The molecule has 2 aromatic rings. The van der Waals surface area contributed by atoms with Gasteiger partial charge in [0.25, 0.3) is 5.91 Å². The summed E-state index contributed by atoms with van der Waals surface area (Å²) < 4.78 is 7.88. The van der Waals surface area contributed by atoms with Crippen LogP contribution in [0.5, 0.6) is 5.75 Å². The van der Waals surface area contributed by atoms with Crippen LogP contribution in [0.25, 0.3) is 0 Å². The average Bonchev–Trinajstić information content (AvgIpc) is 2.82. The van der Waals surface area contributed by atoms with Crippen LogP contribution in [0.1, 0.15) is 17.4 Å². The molecule has 20 heavy (non-hydrogen) atoms. The molecule has 3 N–H and O–H groups in total. The molecule has 1 heterocycles. The number of aryl methyl sites for hydroxylation is 1. The number of benzene rings is 1. The van der Waals surface area contributed by atoms with E-state index in [0.717, 1.165) is 11.0 Å². The standard InChI is InChI=1S/C14H16BrN3O2/c1-3-18-8-9(15)6-12(18)14(19)17-10-4-5-11(16)13(7-10)20-2/h4-8H,3,16H2,1-2H3,(H,17,19). The minimum Gasteiger partial charge on any atom is -0.495 e. The second-order valence-corrected chi connectivity index (χ2v) is 5.16. The molecular formula is C14H16BrN3O2. The molecule has 2 rings (SSSR count). The number of methoxy groups -OCH3 is 1. The molecule has 0 saturated carbocycles. The van der Waals surface area contributed by atoms with Crippen LogP contribution in [0.15, 0.2) is 34.9 Å². The zero-order valence-electron chi connectivity index (χ0n) is 11.3. The number of ether oxygens (including phenoxy) is 1. The van der Waals surface area contributed by atoms with Gasteiger partial charge in [0.2, 0.25) is 0 Å². The molecule has 6 heteroatoms. The van der Waals surface area contributed by atoms with Gasteiger partial charge in [0.1, 0.15) is 11.4 Å². The molecule has 1 amide bonds. The maximum Gasteiger partial charge on any atom is 0.272 e. The molecule has 1 aromatic heterocycles. The number of hydrogen-bond acceptors (Lipinski definition) is 3. The largest absolute Gasteiger partial charge is 0.495 e. The number of carbonyl (C=O) groups excluding carboxylic acids is 1. The summed E-state index contributed by atoms with van der Waals surface area (Å²) in [6.07, 6.45) is 1.87. The van der Waals surface area contributed by atoms with Gasteiger partial charge >= 0.3 is 0 Å². The van der Waals surface area contributed by atoms with Crippen molar-refractivity contribution in [3.8, 4) is 5.75 Å². The highest BCUT2D eigenvalue weighted by atomic mass is 79.9. The first kappa shape index (κ1) is 14.5. The van der Waals surface area contributed by atoms with Crippen LogP contribution in [0.2, 0.25) is 0 Å². The number of nitrogen functional groups attached to an aromatic ring is 1. The maximum atomic E-state index is 12.3. The van der Waals surface area contributed by atoms with Crippen molar-refractivity contribution in [1.82, 2.24) is 4.57 Å². The normalized spacial score (nSPS) is 10.3. The van der Waals surface area contributed by atoms with Crippen molar-refractivity contribution in [2.24, 2.45) is 0 Å². The molecule has 1 aromatic carbocycles. The topological polar surface area (TPSA) is 69.3 Å². The fourth-order valence-electron chi connectivity index (χ4n) is 1.91. The molecular weight excluding hydrogens is 322 g/mol. The number of carbonyl (C=O) groups is 1. The van der Waals surface area contributed by atoms with Gasteiger partial charge in [0.05, 0.1) is 12.8 Å². The van der Waals surface area contributed by atoms with Crippen molar-refractivity contribution in [3.63, 3.8) is 0 Å². The Hall–Kier alpha value is -1.95. The third kappa shape index (κ3) is 2.96. The fourth-order valence-corrected chi connectivity index (χ4v) is 2.37. The molecule has 106 valence electrons. The quantitative estimate of drug-likeness (QED) is 0.842. The van der Waals surface area contributed by atoms with Gasteiger partial charge in [-0.3, -0.25) is 4.79 Å². The van der Waals surface area contributed by atoms with E-state index in [1.54, 1.807) is 24.3 Å². The number of nitrogens with one attached hydrogen (secondary N) is 1. The molecule has 0 aliphatic rings. The van der Waals surface area contributed by atoms with Crippen LogP contribution in [0.4, 0.5) is 11.4 Å². The zero-order chi connectivity index (χ0) is 14.7. The second-order valence-electron chi connectivity index (χ2n) is 4.24. The lowest BCUT2D eigenvalue weighted by atomic mass is 10.2. The van der Waals surface area contributed by atoms with Crippen LogP contribution in [-0.4, -0.2) is 17.6 Å². The monoisotopic (exact) mass is 337 g/mol. The van der Waals surface area contributed by atoms with Gasteiger partial charge in [-0.15, -0.1) is 0 Å². The van der Waals surface area contributed by atoms with E-state index in [4.69, 9.17) is 10.5 Å². The van der Waals surface area contributed by atoms with Crippen LogP contribution in [0, 0.1) is 0 Å². The highest BCUT2D eigenvalue weighted by Crippen LogP contribution is 2.25. The molecule has 0 aliphatic heterocycles. The van der Waals surface area contributed by atoms with Crippen LogP contribution in [-0.2, 0) is 6.54 Å². The molecule has 5 nitrogen and oxygen atoms in total. The number of halogens is 1. The summed E-state index contributed by atoms with van der Waals surface area (Å²) in [7, 11) is 1.54. The van der Waals surface area contributed by atoms with Gasteiger partial charge in [-0.1, -0.05) is 0 Å². The average molecular weight is 338 g/mol. The Morgan fingerprint density at radius 1 is 1.45 bits per heavy atom. The lowest BCUT2D eigenvalue weighted by Gasteiger charge is -2.10. The Labute approximate surface area is 125 Å². The van der Waals surface area contributed by atoms with Gasteiger partial charge in [-0.05, 0) is 41.1 Å². The number of hydrogen-bond donors (Lipinski definition) is 2. The van der Waals surface area contributed by atoms with E-state index in [0.29, 0.717) is 22.8 Å². The molecule has 0 unspecified atom stereocenters. The van der Waals surface area contributed by atoms with Gasteiger partial charge in [-0.2, -0.15) is 0 Å². The first-order valence-electron chi connectivity index (χ1n) is 6.15. The van der Waals surface area contributed by atoms with Crippen molar-refractivity contribution >= 4 is 33.2 Å². The van der Waals surface area contributed by atoms with Crippen molar-refractivity contribution in [2.75, 3.05) is 18.2 Å². The molecule has 0 bridgehead atoms.